The summed E-state index contributed by atoms with van der Waals surface area (Å²) in [5.41, 5.74) is 1.15. The molecular weight excluding hydrogens is 410 g/mol. The van der Waals surface area contributed by atoms with Crippen LogP contribution in [0.3, 0.4) is 0 Å². The predicted molar refractivity (Wildman–Crippen MR) is 119 cm³/mol. The highest BCUT2D eigenvalue weighted by molar-refractivity contribution is 5.90. The summed E-state index contributed by atoms with van der Waals surface area (Å²) in [6, 6.07) is 13.2. The number of nitrogens with one attached hydrogen (secondary N) is 2. The van der Waals surface area contributed by atoms with Crippen molar-refractivity contribution in [3.05, 3.63) is 59.7 Å². The molecule has 1 aromatic heterocycles. The van der Waals surface area contributed by atoms with E-state index in [1.54, 1.807) is 36.4 Å². The summed E-state index contributed by atoms with van der Waals surface area (Å²) in [6.07, 6.45) is 1.75. The van der Waals surface area contributed by atoms with Crippen LogP contribution in [0.25, 0.3) is 0 Å². The maximum absolute atomic E-state index is 12.2. The van der Waals surface area contributed by atoms with Gasteiger partial charge in [-0.05, 0) is 75.6 Å². The van der Waals surface area contributed by atoms with E-state index in [-0.39, 0.29) is 23.2 Å². The maximum atomic E-state index is 12.2. The van der Waals surface area contributed by atoms with Gasteiger partial charge in [-0.2, -0.15) is 15.0 Å². The first-order valence-corrected chi connectivity index (χ1v) is 10.3. The number of hydrogen-bond donors (Lipinski definition) is 4. The molecule has 1 heterocycles. The second kappa shape index (κ2) is 7.99. The number of ether oxygens (including phenoxy) is 1. The normalized spacial score (nSPS) is 14.5. The summed E-state index contributed by atoms with van der Waals surface area (Å²) in [4.78, 5) is 24.4. The number of carbonyl (C=O) groups excluding carboxylic acids is 1. The number of carbonyl (C=O) groups is 1. The lowest BCUT2D eigenvalue weighted by Crippen LogP contribution is -2.23. The molecule has 0 atom stereocenters. The molecule has 3 aromatic rings. The SMILES string of the molecule is CC(C)(C)OC(=O)c1ccc(Nc2nc(O)nc(NC3(c4ccc(O)cc4)CC3)n2)cc1. The van der Waals surface area contributed by atoms with Crippen LogP contribution in [0.5, 0.6) is 11.8 Å². The third-order valence-electron chi connectivity index (χ3n) is 4.92. The molecule has 4 N–H and O–H groups in total. The van der Waals surface area contributed by atoms with E-state index in [4.69, 9.17) is 4.74 Å². The van der Waals surface area contributed by atoms with Gasteiger partial charge in [-0.3, -0.25) is 0 Å². The topological polar surface area (TPSA) is 129 Å². The molecule has 9 nitrogen and oxygen atoms in total. The minimum Gasteiger partial charge on any atom is -0.508 e. The van der Waals surface area contributed by atoms with Gasteiger partial charge in [-0.25, -0.2) is 4.79 Å². The summed E-state index contributed by atoms with van der Waals surface area (Å²) in [6.45, 7) is 5.44. The Morgan fingerprint density at radius 1 is 0.938 bits per heavy atom. The largest absolute Gasteiger partial charge is 0.508 e. The molecule has 0 amide bonds. The van der Waals surface area contributed by atoms with Crippen molar-refractivity contribution in [3.8, 4) is 11.8 Å². The number of esters is 1. The van der Waals surface area contributed by atoms with Crippen LogP contribution >= 0.6 is 0 Å². The molecule has 1 saturated carbocycles. The van der Waals surface area contributed by atoms with Gasteiger partial charge in [-0.1, -0.05) is 12.1 Å². The highest BCUT2D eigenvalue weighted by Crippen LogP contribution is 2.48. The Balaban J connectivity index is 1.47. The van der Waals surface area contributed by atoms with Crippen molar-refractivity contribution in [2.75, 3.05) is 10.6 Å². The van der Waals surface area contributed by atoms with E-state index in [0.717, 1.165) is 18.4 Å². The molecule has 1 fully saturated rings. The van der Waals surface area contributed by atoms with Crippen LogP contribution in [-0.2, 0) is 10.3 Å². The zero-order valence-electron chi connectivity index (χ0n) is 18.1. The summed E-state index contributed by atoms with van der Waals surface area (Å²) >= 11 is 0. The van der Waals surface area contributed by atoms with Gasteiger partial charge < -0.3 is 25.6 Å². The van der Waals surface area contributed by atoms with Crippen molar-refractivity contribution in [2.45, 2.75) is 44.8 Å². The smallest absolute Gasteiger partial charge is 0.338 e. The lowest BCUT2D eigenvalue weighted by atomic mass is 10.1. The van der Waals surface area contributed by atoms with Crippen molar-refractivity contribution in [3.63, 3.8) is 0 Å². The number of phenols is 1. The lowest BCUT2D eigenvalue weighted by Gasteiger charge is -2.19. The Morgan fingerprint density at radius 2 is 1.56 bits per heavy atom. The van der Waals surface area contributed by atoms with Gasteiger partial charge in [0, 0.05) is 5.69 Å². The first kappa shape index (κ1) is 21.4. The van der Waals surface area contributed by atoms with Gasteiger partial charge in [0.25, 0.3) is 0 Å². The van der Waals surface area contributed by atoms with E-state index in [2.05, 4.69) is 25.6 Å². The van der Waals surface area contributed by atoms with Crippen LogP contribution in [0, 0.1) is 0 Å². The molecule has 0 bridgehead atoms. The lowest BCUT2D eigenvalue weighted by molar-refractivity contribution is 0.00695. The monoisotopic (exact) mass is 435 g/mol. The molecule has 0 saturated heterocycles. The van der Waals surface area contributed by atoms with Crippen LogP contribution < -0.4 is 10.6 Å². The van der Waals surface area contributed by atoms with Gasteiger partial charge in [0.05, 0.1) is 11.1 Å². The minimum absolute atomic E-state index is 0.159. The van der Waals surface area contributed by atoms with E-state index < -0.39 is 17.6 Å². The first-order valence-electron chi connectivity index (χ1n) is 10.3. The third-order valence-corrected chi connectivity index (χ3v) is 4.92. The highest BCUT2D eigenvalue weighted by atomic mass is 16.6. The Morgan fingerprint density at radius 3 is 2.16 bits per heavy atom. The van der Waals surface area contributed by atoms with Crippen molar-refractivity contribution in [1.29, 1.82) is 0 Å². The number of aromatic nitrogens is 3. The summed E-state index contributed by atoms with van der Waals surface area (Å²) in [5, 5.41) is 25.8. The standard InChI is InChI=1S/C23H25N5O4/c1-22(2,3)32-18(30)14-4-8-16(9-5-14)24-19-25-20(27-21(31)26-19)28-23(12-13-23)15-6-10-17(29)11-7-15/h4-11,29H,12-13H2,1-3H3,(H3,24,25,26,27,28,31). The summed E-state index contributed by atoms with van der Waals surface area (Å²) < 4.78 is 5.36. The molecule has 0 radical (unpaired) electrons. The molecule has 0 aliphatic heterocycles. The van der Waals surface area contributed by atoms with Gasteiger partial charge in [-0.15, -0.1) is 0 Å². The van der Waals surface area contributed by atoms with Crippen molar-refractivity contribution >= 4 is 23.6 Å². The van der Waals surface area contributed by atoms with E-state index >= 15 is 0 Å². The van der Waals surface area contributed by atoms with E-state index in [0.29, 0.717) is 11.3 Å². The second-order valence-electron chi connectivity index (χ2n) is 8.74. The number of hydrogen-bond acceptors (Lipinski definition) is 9. The molecule has 1 aliphatic rings. The van der Waals surface area contributed by atoms with Crippen LogP contribution in [0.1, 0.15) is 49.5 Å². The van der Waals surface area contributed by atoms with E-state index in [9.17, 15) is 15.0 Å². The number of nitrogens with zero attached hydrogens (tertiary/aromatic N) is 3. The first-order chi connectivity index (χ1) is 15.1. The zero-order chi connectivity index (χ0) is 22.9. The Bertz CT molecular complexity index is 1120. The molecule has 9 heteroatoms. The second-order valence-corrected chi connectivity index (χ2v) is 8.74. The molecule has 0 unspecified atom stereocenters. The van der Waals surface area contributed by atoms with Crippen LogP contribution in [-0.4, -0.2) is 36.7 Å². The van der Waals surface area contributed by atoms with Crippen LogP contribution in [0.2, 0.25) is 0 Å². The van der Waals surface area contributed by atoms with Crippen LogP contribution in [0.15, 0.2) is 48.5 Å². The van der Waals surface area contributed by atoms with Crippen molar-refractivity contribution < 1.29 is 19.7 Å². The number of phenolic OH excluding ortho intramolecular Hbond substituents is 1. The summed E-state index contributed by atoms with van der Waals surface area (Å²) in [7, 11) is 0. The number of anilines is 3. The molecule has 2 aromatic carbocycles. The minimum atomic E-state index is -0.571. The zero-order valence-corrected chi connectivity index (χ0v) is 18.1. The summed E-state index contributed by atoms with van der Waals surface area (Å²) in [5.74, 6) is 0.186. The average molecular weight is 435 g/mol. The average Bonchev–Trinajstić information content (AvgIpc) is 3.47. The number of benzene rings is 2. The maximum Gasteiger partial charge on any atom is 0.338 e. The van der Waals surface area contributed by atoms with E-state index in [1.165, 1.54) is 0 Å². The van der Waals surface area contributed by atoms with Gasteiger partial charge >= 0.3 is 12.0 Å². The molecular formula is C23H25N5O4. The molecule has 0 spiro atoms. The Labute approximate surface area is 185 Å². The Kier molecular flexibility index (Phi) is 5.33. The van der Waals surface area contributed by atoms with Crippen LogP contribution in [0.4, 0.5) is 17.6 Å². The van der Waals surface area contributed by atoms with Crippen molar-refractivity contribution in [2.24, 2.45) is 0 Å². The highest BCUT2D eigenvalue weighted by Gasteiger charge is 2.45. The predicted octanol–water partition coefficient (Wildman–Crippen LogP) is 4.08. The van der Waals surface area contributed by atoms with Crippen molar-refractivity contribution in [1.82, 2.24) is 15.0 Å². The molecule has 166 valence electrons. The quantitative estimate of drug-likeness (QED) is 0.423. The Hall–Kier alpha value is -3.88. The van der Waals surface area contributed by atoms with Gasteiger partial charge in [0.15, 0.2) is 0 Å². The number of aromatic hydroxyl groups is 2. The molecule has 32 heavy (non-hydrogen) atoms. The number of rotatable bonds is 6. The third kappa shape index (κ3) is 5.05. The van der Waals surface area contributed by atoms with E-state index in [1.807, 2.05) is 32.9 Å². The molecule has 1 aliphatic carbocycles. The fourth-order valence-electron chi connectivity index (χ4n) is 3.24. The fourth-order valence-corrected chi connectivity index (χ4v) is 3.24. The fraction of sp³-hybridized carbons (Fsp3) is 0.304. The van der Waals surface area contributed by atoms with Gasteiger partial charge in [0.1, 0.15) is 11.4 Å². The molecule has 4 rings (SSSR count). The van der Waals surface area contributed by atoms with Gasteiger partial charge in [0.2, 0.25) is 11.9 Å².